The van der Waals surface area contributed by atoms with Gasteiger partial charge < -0.3 is 24.3 Å². The SMILES string of the molecule is COc1ccc2nccc(OCC3CCC(NCc4ccc5c(c4)OCCO5)CC3)c2c1. The lowest BCUT2D eigenvalue weighted by Gasteiger charge is -2.29. The van der Waals surface area contributed by atoms with Gasteiger partial charge >= 0.3 is 0 Å². The summed E-state index contributed by atoms with van der Waals surface area (Å²) in [4.78, 5) is 4.43. The number of ether oxygens (including phenoxy) is 4. The van der Waals surface area contributed by atoms with Gasteiger partial charge in [0.2, 0.25) is 0 Å². The fraction of sp³-hybridized carbons (Fsp3) is 0.423. The summed E-state index contributed by atoms with van der Waals surface area (Å²) in [5.41, 5.74) is 2.16. The van der Waals surface area contributed by atoms with Crippen LogP contribution in [0.1, 0.15) is 31.2 Å². The number of hydrogen-bond donors (Lipinski definition) is 1. The summed E-state index contributed by atoms with van der Waals surface area (Å²) in [7, 11) is 1.68. The Hall–Kier alpha value is -2.99. The molecule has 168 valence electrons. The smallest absolute Gasteiger partial charge is 0.161 e. The third-order valence-corrected chi connectivity index (χ3v) is 6.43. The molecular weight excluding hydrogens is 404 g/mol. The Balaban J connectivity index is 1.10. The molecule has 1 saturated carbocycles. The molecule has 0 atom stereocenters. The van der Waals surface area contributed by atoms with Crippen molar-refractivity contribution in [1.29, 1.82) is 0 Å². The Bertz CT molecular complexity index is 1060. The zero-order valence-electron chi connectivity index (χ0n) is 18.5. The number of pyridine rings is 1. The summed E-state index contributed by atoms with van der Waals surface area (Å²) < 4.78 is 22.9. The first-order valence-corrected chi connectivity index (χ1v) is 11.5. The van der Waals surface area contributed by atoms with E-state index in [1.54, 1.807) is 7.11 Å². The maximum atomic E-state index is 6.23. The zero-order chi connectivity index (χ0) is 21.8. The van der Waals surface area contributed by atoms with Gasteiger partial charge in [0.15, 0.2) is 11.5 Å². The van der Waals surface area contributed by atoms with Gasteiger partial charge in [-0.25, -0.2) is 0 Å². The highest BCUT2D eigenvalue weighted by atomic mass is 16.6. The maximum Gasteiger partial charge on any atom is 0.161 e. The molecule has 3 aromatic rings. The van der Waals surface area contributed by atoms with Crippen LogP contribution in [-0.4, -0.2) is 38.0 Å². The molecule has 0 unspecified atom stereocenters. The highest BCUT2D eigenvalue weighted by Gasteiger charge is 2.22. The van der Waals surface area contributed by atoms with Crippen molar-refractivity contribution in [3.63, 3.8) is 0 Å². The first kappa shape index (κ1) is 20.9. The van der Waals surface area contributed by atoms with Gasteiger partial charge in [-0.05, 0) is 73.6 Å². The number of benzene rings is 2. The van der Waals surface area contributed by atoms with Crippen molar-refractivity contribution in [3.05, 3.63) is 54.2 Å². The molecular formula is C26H30N2O4. The number of hydrogen-bond acceptors (Lipinski definition) is 6. The molecule has 1 fully saturated rings. The van der Waals surface area contributed by atoms with Crippen molar-refractivity contribution < 1.29 is 18.9 Å². The molecule has 2 aliphatic rings. The monoisotopic (exact) mass is 434 g/mol. The largest absolute Gasteiger partial charge is 0.497 e. The van der Waals surface area contributed by atoms with Crippen molar-refractivity contribution in [2.45, 2.75) is 38.3 Å². The molecule has 1 N–H and O–H groups in total. The molecule has 1 aromatic heterocycles. The Kier molecular flexibility index (Phi) is 6.30. The van der Waals surface area contributed by atoms with E-state index >= 15 is 0 Å². The topological polar surface area (TPSA) is 61.8 Å². The fourth-order valence-corrected chi connectivity index (χ4v) is 4.55. The Morgan fingerprint density at radius 2 is 1.81 bits per heavy atom. The number of nitrogens with zero attached hydrogens (tertiary/aromatic N) is 1. The molecule has 0 saturated heterocycles. The summed E-state index contributed by atoms with van der Waals surface area (Å²) in [5.74, 6) is 3.99. The molecule has 2 heterocycles. The lowest BCUT2D eigenvalue weighted by molar-refractivity contribution is 0.171. The Labute approximate surface area is 188 Å². The average molecular weight is 435 g/mol. The second-order valence-electron chi connectivity index (χ2n) is 8.58. The molecule has 2 aromatic carbocycles. The van der Waals surface area contributed by atoms with E-state index in [4.69, 9.17) is 18.9 Å². The van der Waals surface area contributed by atoms with E-state index in [1.807, 2.05) is 36.5 Å². The summed E-state index contributed by atoms with van der Waals surface area (Å²) in [6.07, 6.45) is 6.49. The number of methoxy groups -OCH3 is 1. The quantitative estimate of drug-likeness (QED) is 0.580. The Morgan fingerprint density at radius 3 is 2.66 bits per heavy atom. The first-order chi connectivity index (χ1) is 15.8. The van der Waals surface area contributed by atoms with Crippen LogP contribution in [-0.2, 0) is 6.54 Å². The lowest BCUT2D eigenvalue weighted by Crippen LogP contribution is -2.34. The lowest BCUT2D eigenvalue weighted by atomic mass is 9.86. The van der Waals surface area contributed by atoms with Crippen LogP contribution in [0.3, 0.4) is 0 Å². The number of fused-ring (bicyclic) bond motifs is 2. The van der Waals surface area contributed by atoms with Gasteiger partial charge in [0.1, 0.15) is 24.7 Å². The summed E-state index contributed by atoms with van der Waals surface area (Å²) in [6.45, 7) is 2.85. The van der Waals surface area contributed by atoms with Crippen molar-refractivity contribution in [2.24, 2.45) is 5.92 Å². The van der Waals surface area contributed by atoms with E-state index in [0.717, 1.165) is 47.1 Å². The van der Waals surface area contributed by atoms with Crippen LogP contribution >= 0.6 is 0 Å². The molecule has 32 heavy (non-hydrogen) atoms. The van der Waals surface area contributed by atoms with Crippen LogP contribution in [0.25, 0.3) is 10.9 Å². The molecule has 0 amide bonds. The predicted molar refractivity (Wildman–Crippen MR) is 124 cm³/mol. The van der Waals surface area contributed by atoms with E-state index in [2.05, 4.69) is 22.4 Å². The van der Waals surface area contributed by atoms with E-state index in [0.29, 0.717) is 25.2 Å². The molecule has 0 spiro atoms. The highest BCUT2D eigenvalue weighted by molar-refractivity contribution is 5.86. The number of nitrogens with one attached hydrogen (secondary N) is 1. The molecule has 0 bridgehead atoms. The van der Waals surface area contributed by atoms with Crippen LogP contribution in [0, 0.1) is 5.92 Å². The molecule has 0 radical (unpaired) electrons. The average Bonchev–Trinajstić information content (AvgIpc) is 2.86. The third kappa shape index (κ3) is 4.75. The van der Waals surface area contributed by atoms with E-state index in [9.17, 15) is 0 Å². The first-order valence-electron chi connectivity index (χ1n) is 11.5. The fourth-order valence-electron chi connectivity index (χ4n) is 4.55. The van der Waals surface area contributed by atoms with Crippen LogP contribution < -0.4 is 24.3 Å². The second-order valence-corrected chi connectivity index (χ2v) is 8.58. The summed E-state index contributed by atoms with van der Waals surface area (Å²) in [5, 5.41) is 4.72. The molecule has 6 heteroatoms. The maximum absolute atomic E-state index is 6.23. The summed E-state index contributed by atoms with van der Waals surface area (Å²) >= 11 is 0. The van der Waals surface area contributed by atoms with Crippen LogP contribution in [0.15, 0.2) is 48.7 Å². The molecule has 1 aliphatic carbocycles. The van der Waals surface area contributed by atoms with Gasteiger partial charge in [-0.3, -0.25) is 4.98 Å². The highest BCUT2D eigenvalue weighted by Crippen LogP contribution is 2.32. The van der Waals surface area contributed by atoms with Crippen molar-refractivity contribution in [2.75, 3.05) is 26.9 Å². The van der Waals surface area contributed by atoms with Gasteiger partial charge in [-0.2, -0.15) is 0 Å². The Morgan fingerprint density at radius 1 is 0.969 bits per heavy atom. The third-order valence-electron chi connectivity index (χ3n) is 6.43. The van der Waals surface area contributed by atoms with Crippen LogP contribution in [0.2, 0.25) is 0 Å². The van der Waals surface area contributed by atoms with Gasteiger partial charge in [0.05, 0.1) is 19.2 Å². The van der Waals surface area contributed by atoms with E-state index < -0.39 is 0 Å². The minimum atomic E-state index is 0.547. The van der Waals surface area contributed by atoms with Crippen LogP contribution in [0.4, 0.5) is 0 Å². The van der Waals surface area contributed by atoms with Crippen molar-refractivity contribution >= 4 is 10.9 Å². The second kappa shape index (κ2) is 9.65. The van der Waals surface area contributed by atoms with Crippen molar-refractivity contribution in [1.82, 2.24) is 10.3 Å². The van der Waals surface area contributed by atoms with Crippen LogP contribution in [0.5, 0.6) is 23.0 Å². The predicted octanol–water partition coefficient (Wildman–Crippen LogP) is 4.74. The minimum absolute atomic E-state index is 0.547. The van der Waals surface area contributed by atoms with Gasteiger partial charge in [0, 0.05) is 24.2 Å². The zero-order valence-corrected chi connectivity index (χ0v) is 18.5. The normalized spacial score (nSPS) is 20.2. The molecule has 5 rings (SSSR count). The van der Waals surface area contributed by atoms with Crippen molar-refractivity contribution in [3.8, 4) is 23.0 Å². The van der Waals surface area contributed by atoms with Gasteiger partial charge in [0.25, 0.3) is 0 Å². The van der Waals surface area contributed by atoms with Gasteiger partial charge in [-0.15, -0.1) is 0 Å². The molecule has 6 nitrogen and oxygen atoms in total. The minimum Gasteiger partial charge on any atom is -0.497 e. The van der Waals surface area contributed by atoms with E-state index in [1.165, 1.54) is 31.2 Å². The summed E-state index contributed by atoms with van der Waals surface area (Å²) in [6, 6.07) is 14.6. The van der Waals surface area contributed by atoms with E-state index in [-0.39, 0.29) is 0 Å². The molecule has 1 aliphatic heterocycles. The standard InChI is InChI=1S/C26H30N2O4/c1-29-21-7-8-23-22(15-21)24(10-11-27-23)32-17-18-2-5-20(6-3-18)28-16-19-4-9-25-26(14-19)31-13-12-30-25/h4,7-11,14-15,18,20,28H,2-3,5-6,12-13,16-17H2,1H3. The van der Waals surface area contributed by atoms with Gasteiger partial charge in [-0.1, -0.05) is 6.07 Å². The number of rotatable bonds is 7. The number of aromatic nitrogens is 1.